The van der Waals surface area contributed by atoms with Crippen LogP contribution < -0.4 is 23.7 Å². The Labute approximate surface area is 314 Å². The Morgan fingerprint density at radius 1 is 0.717 bits per heavy atom. The van der Waals surface area contributed by atoms with Crippen molar-refractivity contribution in [3.63, 3.8) is 0 Å². The number of aliphatic carboxylic acids is 2. The van der Waals surface area contributed by atoms with Crippen LogP contribution in [-0.4, -0.2) is 92.7 Å². The highest BCUT2D eigenvalue weighted by Crippen LogP contribution is 2.52. The van der Waals surface area contributed by atoms with Gasteiger partial charge in [-0.1, -0.05) is 29.8 Å². The summed E-state index contributed by atoms with van der Waals surface area (Å²) in [5, 5.41) is 20.5. The topological polar surface area (TPSA) is 121 Å². The van der Waals surface area contributed by atoms with Crippen molar-refractivity contribution in [3.8, 4) is 40.2 Å². The Morgan fingerprint density at radius 3 is 1.92 bits per heavy atom. The fraction of sp³-hybridized carbons (Fsp3) is 0.366. The second kappa shape index (κ2) is 14.1. The Kier molecular flexibility index (Phi) is 9.69. The lowest BCUT2D eigenvalue weighted by Gasteiger charge is -2.45. The Morgan fingerprint density at radius 2 is 1.28 bits per heavy atom. The molecule has 6 bridgehead atoms. The van der Waals surface area contributed by atoms with Gasteiger partial charge in [-0.3, -0.25) is 0 Å². The van der Waals surface area contributed by atoms with Gasteiger partial charge < -0.3 is 42.9 Å². The van der Waals surface area contributed by atoms with Crippen LogP contribution in [0.15, 0.2) is 60.7 Å². The number of fused-ring (bicyclic) bond motifs is 2. The lowest BCUT2D eigenvalue weighted by molar-refractivity contribution is -0.934. The van der Waals surface area contributed by atoms with Crippen molar-refractivity contribution in [3.05, 3.63) is 99.1 Å². The molecule has 0 spiro atoms. The van der Waals surface area contributed by atoms with Gasteiger partial charge in [0, 0.05) is 31.2 Å². The zero-order valence-electron chi connectivity index (χ0n) is 30.6. The molecule has 11 nitrogen and oxygen atoms in total. The number of carboxylic acids is 2. The quantitative estimate of drug-likeness (QED) is 0.193. The monoisotopic (exact) mass is 744 g/mol. The van der Waals surface area contributed by atoms with Gasteiger partial charge in [0.1, 0.15) is 28.6 Å². The second-order valence-electron chi connectivity index (χ2n) is 14.8. The summed E-state index contributed by atoms with van der Waals surface area (Å²) >= 11 is 7.20. The van der Waals surface area contributed by atoms with Crippen LogP contribution in [0.4, 0.5) is 0 Å². The average molecular weight is 745 g/mol. The molecule has 4 aliphatic rings. The molecule has 4 aromatic rings. The largest absolute Gasteiger partial charge is 0.495 e. The van der Waals surface area contributed by atoms with Crippen LogP contribution in [-0.2, 0) is 35.3 Å². The molecule has 0 aliphatic carbocycles. The van der Waals surface area contributed by atoms with Crippen molar-refractivity contribution in [1.82, 2.24) is 0 Å². The van der Waals surface area contributed by atoms with E-state index in [0.717, 1.165) is 33.4 Å². The number of halogens is 1. The van der Waals surface area contributed by atoms with Gasteiger partial charge in [0.15, 0.2) is 41.8 Å². The van der Waals surface area contributed by atoms with E-state index in [1.165, 1.54) is 0 Å². The third kappa shape index (κ3) is 6.85. The maximum atomic E-state index is 12.5. The van der Waals surface area contributed by atoms with Crippen molar-refractivity contribution >= 4 is 23.5 Å². The lowest BCUT2D eigenvalue weighted by atomic mass is 9.85. The first-order chi connectivity index (χ1) is 25.3. The highest BCUT2D eigenvalue weighted by Gasteiger charge is 2.45. The summed E-state index contributed by atoms with van der Waals surface area (Å²) < 4.78 is 31.3. The molecule has 278 valence electrons. The summed E-state index contributed by atoms with van der Waals surface area (Å²) in [4.78, 5) is 24.8. The van der Waals surface area contributed by atoms with E-state index < -0.39 is 18.0 Å². The first-order valence-corrected chi connectivity index (χ1v) is 18.1. The molecule has 0 aromatic heterocycles. The highest BCUT2D eigenvalue weighted by atomic mass is 35.5. The van der Waals surface area contributed by atoms with Gasteiger partial charge >= 0.3 is 11.9 Å². The van der Waals surface area contributed by atoms with E-state index in [4.69, 9.17) is 35.3 Å². The molecule has 4 heterocycles. The molecular formula is C41H45ClN2O9+2. The van der Waals surface area contributed by atoms with Crippen molar-refractivity contribution in [2.45, 2.75) is 37.8 Å². The number of carboxylic acid groups (broad SMARTS) is 2. The van der Waals surface area contributed by atoms with Gasteiger partial charge in [-0.05, 0) is 64.7 Å². The highest BCUT2D eigenvalue weighted by molar-refractivity contribution is 6.33. The van der Waals surface area contributed by atoms with Gasteiger partial charge in [0.05, 0.1) is 54.1 Å². The lowest BCUT2D eigenvalue weighted by Crippen LogP contribution is -2.54. The third-order valence-electron chi connectivity index (χ3n) is 11.4. The van der Waals surface area contributed by atoms with Gasteiger partial charge in [0.2, 0.25) is 0 Å². The van der Waals surface area contributed by atoms with Crippen LogP contribution in [0.1, 0.15) is 45.5 Å². The molecule has 4 atom stereocenters. The normalized spacial score (nSPS) is 23.0. The van der Waals surface area contributed by atoms with Crippen LogP contribution in [0.2, 0.25) is 5.02 Å². The number of quaternary nitrogens is 2. The summed E-state index contributed by atoms with van der Waals surface area (Å²) in [5.74, 6) is 1.66. The third-order valence-corrected chi connectivity index (χ3v) is 11.7. The number of benzene rings is 4. The predicted octanol–water partition coefficient (Wildman–Crippen LogP) is 7.01. The standard InChI is InChI=1S/C41H43ClN2O9/c1-43(22-37(45)46)14-12-26-19-33(50-4)35-21-29(26)30(43)16-24-6-9-28(10-7-24)52-34-18-25(8-11-32(34)49-3)17-31-39-27(13-15-44(31,2)23-38(47)48)20-36(51-5)40(42)41(39)53-35/h6-11,18-21,30-31H,12-17,22-23H2,1-5H3/p+2. The smallest absolute Gasteiger partial charge is 0.359 e. The number of hydrogen-bond acceptors (Lipinski definition) is 7. The number of carbonyl (C=O) groups is 2. The molecule has 0 saturated heterocycles. The molecule has 4 aromatic carbocycles. The minimum Gasteiger partial charge on any atom is -0.495 e. The van der Waals surface area contributed by atoms with Crippen LogP contribution in [0.25, 0.3) is 0 Å². The molecule has 53 heavy (non-hydrogen) atoms. The zero-order chi connectivity index (χ0) is 37.7. The summed E-state index contributed by atoms with van der Waals surface area (Å²) in [7, 11) is 8.70. The fourth-order valence-corrected chi connectivity index (χ4v) is 8.82. The fourth-order valence-electron chi connectivity index (χ4n) is 8.54. The van der Waals surface area contributed by atoms with E-state index in [1.54, 1.807) is 21.3 Å². The number of hydrogen-bond donors (Lipinski definition) is 2. The molecule has 12 heteroatoms. The van der Waals surface area contributed by atoms with E-state index >= 15 is 0 Å². The summed E-state index contributed by atoms with van der Waals surface area (Å²) in [5.41, 5.74) is 5.70. The van der Waals surface area contributed by atoms with Crippen molar-refractivity contribution in [1.29, 1.82) is 0 Å². The summed E-state index contributed by atoms with van der Waals surface area (Å²) in [6.45, 7) is 1.01. The zero-order valence-corrected chi connectivity index (χ0v) is 31.4. The van der Waals surface area contributed by atoms with Crippen LogP contribution in [0, 0.1) is 0 Å². The minimum atomic E-state index is -0.912. The molecule has 2 N–H and O–H groups in total. The molecule has 0 saturated carbocycles. The van der Waals surface area contributed by atoms with E-state index in [2.05, 4.69) is 0 Å². The maximum absolute atomic E-state index is 12.5. The second-order valence-corrected chi connectivity index (χ2v) is 15.2. The van der Waals surface area contributed by atoms with Crippen molar-refractivity contribution in [2.75, 3.05) is 61.6 Å². The molecule has 0 fully saturated rings. The number of likely N-dealkylation sites (N-methyl/N-ethyl adjacent to an activating group) is 2. The molecule has 0 amide bonds. The van der Waals surface area contributed by atoms with Gasteiger partial charge in [0.25, 0.3) is 0 Å². The Bertz CT molecular complexity index is 2090. The van der Waals surface area contributed by atoms with Crippen molar-refractivity contribution < 1.29 is 52.5 Å². The van der Waals surface area contributed by atoms with Crippen LogP contribution in [0.5, 0.6) is 40.2 Å². The molecular weight excluding hydrogens is 700 g/mol. The van der Waals surface area contributed by atoms with Gasteiger partial charge in [-0.25, -0.2) is 9.59 Å². The SMILES string of the molecule is COc1ccc2cc1Oc1ccc(cc1)CC1c3cc(c(OC)cc3CC[N+]1(C)CC(=O)O)Oc1c(Cl)c(OC)cc3c1C(C2)[N+](C)(CC(=O)O)CC3. The predicted molar refractivity (Wildman–Crippen MR) is 198 cm³/mol. The average Bonchev–Trinajstić information content (AvgIpc) is 3.11. The number of nitrogens with zero attached hydrogens (tertiary/aromatic N) is 2. The van der Waals surface area contributed by atoms with Crippen LogP contribution in [0.3, 0.4) is 0 Å². The number of rotatable bonds is 7. The van der Waals surface area contributed by atoms with E-state index in [0.29, 0.717) is 83.5 Å². The number of ether oxygens (including phenoxy) is 5. The Hall–Kier alpha value is -4.97. The Balaban J connectivity index is 1.50. The number of methoxy groups -OCH3 is 3. The van der Waals surface area contributed by atoms with Crippen molar-refractivity contribution in [2.24, 2.45) is 0 Å². The molecule has 0 radical (unpaired) electrons. The summed E-state index contributed by atoms with van der Waals surface area (Å²) in [6.07, 6.45) is 2.22. The first kappa shape index (κ1) is 36.4. The minimum absolute atomic E-state index is 0.0549. The van der Waals surface area contributed by atoms with E-state index in [-0.39, 0.29) is 28.6 Å². The van der Waals surface area contributed by atoms with E-state index in [9.17, 15) is 19.8 Å². The van der Waals surface area contributed by atoms with E-state index in [1.807, 2.05) is 74.8 Å². The summed E-state index contributed by atoms with van der Waals surface area (Å²) in [6, 6.07) is 18.9. The first-order valence-electron chi connectivity index (χ1n) is 17.7. The van der Waals surface area contributed by atoms with Gasteiger partial charge in [-0.2, -0.15) is 0 Å². The van der Waals surface area contributed by atoms with Gasteiger partial charge in [-0.15, -0.1) is 0 Å². The molecule has 4 unspecified atom stereocenters. The maximum Gasteiger partial charge on any atom is 0.359 e. The van der Waals surface area contributed by atoms with Crippen LogP contribution >= 0.6 is 11.6 Å². The molecule has 4 aliphatic heterocycles. The molecule has 8 rings (SSSR count).